The van der Waals surface area contributed by atoms with Crippen LogP contribution in [0.3, 0.4) is 0 Å². The number of benzene rings is 3. The molecule has 0 radical (unpaired) electrons. The van der Waals surface area contributed by atoms with Crippen molar-refractivity contribution in [1.29, 1.82) is 0 Å². The molecule has 1 aromatic heterocycles. The van der Waals surface area contributed by atoms with Crippen molar-refractivity contribution in [3.63, 3.8) is 0 Å². The van der Waals surface area contributed by atoms with Crippen LogP contribution in [0.25, 0.3) is 5.76 Å². The highest BCUT2D eigenvalue weighted by Crippen LogP contribution is 2.44. The number of aliphatic hydroxyl groups excluding tert-OH is 1. The van der Waals surface area contributed by atoms with Crippen LogP contribution < -0.4 is 9.64 Å². The number of thioether (sulfide) groups is 1. The fourth-order valence-electron chi connectivity index (χ4n) is 4.40. The van der Waals surface area contributed by atoms with Gasteiger partial charge >= 0.3 is 5.91 Å². The lowest BCUT2D eigenvalue weighted by atomic mass is 9.95. The van der Waals surface area contributed by atoms with E-state index in [1.165, 1.54) is 28.0 Å². The highest BCUT2D eigenvalue weighted by molar-refractivity contribution is 8.00. The molecule has 0 bridgehead atoms. The number of anilines is 1. The minimum atomic E-state index is -0.909. The largest absolute Gasteiger partial charge is 0.507 e. The average molecular weight is 606 g/mol. The molecule has 3 aromatic carbocycles. The van der Waals surface area contributed by atoms with Crippen LogP contribution in [-0.2, 0) is 15.3 Å². The van der Waals surface area contributed by atoms with Gasteiger partial charge in [-0.2, -0.15) is 0 Å². The second-order valence-electron chi connectivity index (χ2n) is 9.58. The number of aryl methyl sites for hydroxylation is 1. The van der Waals surface area contributed by atoms with Crippen LogP contribution in [0.5, 0.6) is 5.75 Å². The molecule has 0 aliphatic carbocycles. The van der Waals surface area contributed by atoms with Gasteiger partial charge in [0.15, 0.2) is 4.34 Å². The normalized spacial score (nSPS) is 16.4. The van der Waals surface area contributed by atoms with E-state index in [0.717, 1.165) is 24.0 Å². The first kappa shape index (κ1) is 28.9. The van der Waals surface area contributed by atoms with Crippen molar-refractivity contribution in [3.05, 3.63) is 106 Å². The molecule has 1 amide bonds. The minimum Gasteiger partial charge on any atom is -0.507 e. The average Bonchev–Trinajstić information content (AvgIpc) is 3.55. The lowest BCUT2D eigenvalue weighted by molar-refractivity contribution is -0.132. The Hall–Kier alpha value is -3.66. The van der Waals surface area contributed by atoms with E-state index >= 15 is 0 Å². The number of hydrogen-bond acceptors (Lipinski definition) is 8. The van der Waals surface area contributed by atoms with E-state index in [9.17, 15) is 14.7 Å². The number of Topliss-reactive ketones (excluding diaryl/α,β-unsaturated/α-hetero) is 1. The second-order valence-corrected chi connectivity index (χ2v) is 12.2. The molecule has 0 saturated carbocycles. The number of aromatic nitrogens is 2. The molecule has 1 atom stereocenters. The Labute approximate surface area is 251 Å². The molecular weight excluding hydrogens is 578 g/mol. The number of ketones is 1. The summed E-state index contributed by atoms with van der Waals surface area (Å²) in [4.78, 5) is 28.4. The smallest absolute Gasteiger partial charge is 0.301 e. The van der Waals surface area contributed by atoms with Gasteiger partial charge in [0.25, 0.3) is 5.78 Å². The molecule has 210 valence electrons. The van der Waals surface area contributed by atoms with Crippen LogP contribution in [0.1, 0.15) is 48.1 Å². The van der Waals surface area contributed by atoms with E-state index in [1.54, 1.807) is 18.2 Å². The molecule has 0 spiro atoms. The van der Waals surface area contributed by atoms with Gasteiger partial charge < -0.3 is 9.84 Å². The molecule has 1 unspecified atom stereocenters. The predicted octanol–water partition coefficient (Wildman–Crippen LogP) is 7.60. The molecule has 4 aromatic rings. The summed E-state index contributed by atoms with van der Waals surface area (Å²) < 4.78 is 6.56. The van der Waals surface area contributed by atoms with Gasteiger partial charge in [-0.05, 0) is 48.7 Å². The van der Waals surface area contributed by atoms with Crippen molar-refractivity contribution >= 4 is 57.3 Å². The fraction of sp³-hybridized carbons (Fsp3) is 0.226. The number of nitrogens with zero attached hydrogens (tertiary/aromatic N) is 3. The van der Waals surface area contributed by atoms with E-state index < -0.39 is 17.7 Å². The number of hydrogen-bond donors (Lipinski definition) is 1. The van der Waals surface area contributed by atoms with Crippen molar-refractivity contribution in [2.75, 3.05) is 11.5 Å². The molecule has 2 heterocycles. The standard InChI is InChI=1S/C31H28ClN3O4S2/c1-3-4-16-39-24-7-5-6-22(17-24)26-25(27(36)21-12-8-19(2)9-13-21)28(37)29(38)35(26)30-33-34-31(41-30)40-18-20-10-14-23(32)15-11-20/h5-15,17,26,36H,3-4,16,18H2,1-2H3. The van der Waals surface area contributed by atoms with Crippen LogP contribution in [-0.4, -0.2) is 33.6 Å². The van der Waals surface area contributed by atoms with Crippen molar-refractivity contribution < 1.29 is 19.4 Å². The van der Waals surface area contributed by atoms with Crippen LogP contribution >= 0.6 is 34.7 Å². The third-order valence-electron chi connectivity index (χ3n) is 6.59. The molecule has 1 aliphatic heterocycles. The Morgan fingerprint density at radius 2 is 1.83 bits per heavy atom. The summed E-state index contributed by atoms with van der Waals surface area (Å²) in [7, 11) is 0. The third kappa shape index (κ3) is 6.48. The summed E-state index contributed by atoms with van der Waals surface area (Å²) in [5, 5.41) is 20.9. The van der Waals surface area contributed by atoms with Gasteiger partial charge in [-0.1, -0.05) is 102 Å². The maximum absolute atomic E-state index is 13.5. The lowest BCUT2D eigenvalue weighted by Gasteiger charge is -2.23. The summed E-state index contributed by atoms with van der Waals surface area (Å²) in [6.45, 7) is 4.57. The topological polar surface area (TPSA) is 92.6 Å². The van der Waals surface area contributed by atoms with E-state index in [-0.39, 0.29) is 16.5 Å². The molecule has 41 heavy (non-hydrogen) atoms. The zero-order chi connectivity index (χ0) is 28.9. The summed E-state index contributed by atoms with van der Waals surface area (Å²) in [6.07, 6.45) is 1.89. The number of carbonyl (C=O) groups excluding carboxylic acids is 2. The molecule has 1 aliphatic rings. The van der Waals surface area contributed by atoms with Crippen LogP contribution in [0.2, 0.25) is 5.02 Å². The van der Waals surface area contributed by atoms with Gasteiger partial charge in [-0.15, -0.1) is 10.2 Å². The third-order valence-corrected chi connectivity index (χ3v) is 8.97. The van der Waals surface area contributed by atoms with E-state index in [0.29, 0.717) is 38.6 Å². The molecule has 7 nitrogen and oxygen atoms in total. The number of amides is 1. The van der Waals surface area contributed by atoms with Gasteiger partial charge in [0, 0.05) is 16.3 Å². The second kappa shape index (κ2) is 12.9. The van der Waals surface area contributed by atoms with Crippen LogP contribution in [0, 0.1) is 6.92 Å². The highest BCUT2D eigenvalue weighted by Gasteiger charge is 2.48. The molecule has 10 heteroatoms. The monoisotopic (exact) mass is 605 g/mol. The maximum Gasteiger partial charge on any atom is 0.301 e. The van der Waals surface area contributed by atoms with Gasteiger partial charge in [-0.25, -0.2) is 0 Å². The Balaban J connectivity index is 1.53. The fourth-order valence-corrected chi connectivity index (χ4v) is 6.35. The Morgan fingerprint density at radius 3 is 2.56 bits per heavy atom. The quantitative estimate of drug-likeness (QED) is 0.0497. The first-order valence-corrected chi connectivity index (χ1v) is 15.3. The number of halogens is 1. The van der Waals surface area contributed by atoms with Gasteiger partial charge in [0.05, 0.1) is 18.2 Å². The van der Waals surface area contributed by atoms with E-state index in [4.69, 9.17) is 16.3 Å². The predicted molar refractivity (Wildman–Crippen MR) is 164 cm³/mol. The number of unbranched alkanes of at least 4 members (excludes halogenated alkanes) is 1. The van der Waals surface area contributed by atoms with Gasteiger partial charge in [0.2, 0.25) is 5.13 Å². The minimum absolute atomic E-state index is 0.00451. The molecule has 1 fully saturated rings. The highest BCUT2D eigenvalue weighted by atomic mass is 35.5. The molecular formula is C31H28ClN3O4S2. The summed E-state index contributed by atoms with van der Waals surface area (Å²) in [5.41, 5.74) is 3.14. The maximum atomic E-state index is 13.5. The van der Waals surface area contributed by atoms with Crippen molar-refractivity contribution in [3.8, 4) is 5.75 Å². The Kier molecular flexibility index (Phi) is 9.07. The summed E-state index contributed by atoms with van der Waals surface area (Å²) >= 11 is 8.69. The van der Waals surface area contributed by atoms with Crippen LogP contribution in [0.15, 0.2) is 82.7 Å². The lowest BCUT2D eigenvalue weighted by Crippen LogP contribution is -2.29. The molecule has 1 saturated heterocycles. The van der Waals surface area contributed by atoms with Crippen molar-refractivity contribution in [2.24, 2.45) is 0 Å². The first-order valence-electron chi connectivity index (χ1n) is 13.2. The van der Waals surface area contributed by atoms with E-state index in [1.807, 2.05) is 61.5 Å². The first-order chi connectivity index (χ1) is 19.9. The van der Waals surface area contributed by atoms with Crippen molar-refractivity contribution in [1.82, 2.24) is 10.2 Å². The number of ether oxygens (including phenoxy) is 1. The number of carbonyl (C=O) groups is 2. The Bertz CT molecular complexity index is 1590. The SMILES string of the molecule is CCCCOc1cccc(C2C(=C(O)c3ccc(C)cc3)C(=O)C(=O)N2c2nnc(SCc3ccc(Cl)cc3)s2)c1. The zero-order valence-corrected chi connectivity index (χ0v) is 24.9. The number of rotatable bonds is 10. The Morgan fingerprint density at radius 1 is 1.07 bits per heavy atom. The van der Waals surface area contributed by atoms with E-state index in [2.05, 4.69) is 17.1 Å². The molecule has 5 rings (SSSR count). The molecule has 1 N–H and O–H groups in total. The zero-order valence-electron chi connectivity index (χ0n) is 22.5. The summed E-state index contributed by atoms with van der Waals surface area (Å²) in [5.74, 6) is -0.538. The van der Waals surface area contributed by atoms with Crippen molar-refractivity contribution in [2.45, 2.75) is 42.8 Å². The van der Waals surface area contributed by atoms with Gasteiger partial charge in [0.1, 0.15) is 11.5 Å². The van der Waals surface area contributed by atoms with Gasteiger partial charge in [-0.3, -0.25) is 14.5 Å². The van der Waals surface area contributed by atoms with Crippen LogP contribution in [0.4, 0.5) is 5.13 Å². The number of aliphatic hydroxyl groups is 1. The summed E-state index contributed by atoms with van der Waals surface area (Å²) in [6, 6.07) is 21.1.